The fourth-order valence-electron chi connectivity index (χ4n) is 1.73. The molecule has 5 heteroatoms. The first-order valence-electron chi connectivity index (χ1n) is 6.38. The van der Waals surface area contributed by atoms with E-state index in [-0.39, 0.29) is 11.7 Å². The summed E-state index contributed by atoms with van der Waals surface area (Å²) >= 11 is 0. The lowest BCUT2D eigenvalue weighted by Crippen LogP contribution is -2.19. The van der Waals surface area contributed by atoms with E-state index in [2.05, 4.69) is 10.5 Å². The molecule has 0 saturated carbocycles. The van der Waals surface area contributed by atoms with Crippen molar-refractivity contribution < 1.29 is 14.6 Å². The van der Waals surface area contributed by atoms with E-state index >= 15 is 0 Å². The van der Waals surface area contributed by atoms with E-state index in [1.54, 1.807) is 62.6 Å². The van der Waals surface area contributed by atoms with Crippen molar-refractivity contribution in [1.29, 1.82) is 0 Å². The van der Waals surface area contributed by atoms with Crippen molar-refractivity contribution in [2.24, 2.45) is 5.10 Å². The second-order valence-electron chi connectivity index (χ2n) is 4.42. The van der Waals surface area contributed by atoms with Crippen molar-refractivity contribution in [1.82, 2.24) is 5.43 Å². The Morgan fingerprint density at radius 3 is 2.52 bits per heavy atom. The lowest BCUT2D eigenvalue weighted by molar-refractivity contribution is 0.0954. The molecule has 0 radical (unpaired) electrons. The van der Waals surface area contributed by atoms with Gasteiger partial charge in [0.2, 0.25) is 0 Å². The maximum atomic E-state index is 12.0. The fourth-order valence-corrected chi connectivity index (χ4v) is 1.73. The average molecular weight is 284 g/mol. The zero-order valence-corrected chi connectivity index (χ0v) is 11.8. The van der Waals surface area contributed by atoms with E-state index in [0.717, 1.165) is 5.56 Å². The highest BCUT2D eigenvalue weighted by atomic mass is 16.5. The highest BCUT2D eigenvalue weighted by Gasteiger charge is 2.06. The number of phenolic OH excluding ortho intramolecular Hbond substituents is 1. The van der Waals surface area contributed by atoms with Gasteiger partial charge in [-0.2, -0.15) is 5.10 Å². The summed E-state index contributed by atoms with van der Waals surface area (Å²) in [5.74, 6) is 0.487. The second kappa shape index (κ2) is 6.56. The molecule has 0 unspecified atom stereocenters. The summed E-state index contributed by atoms with van der Waals surface area (Å²) in [5.41, 5.74) is 4.43. The minimum absolute atomic E-state index is 0.187. The zero-order valence-electron chi connectivity index (χ0n) is 11.8. The lowest BCUT2D eigenvalue weighted by atomic mass is 10.1. The Labute approximate surface area is 122 Å². The first-order chi connectivity index (χ1) is 10.1. The van der Waals surface area contributed by atoms with Crippen LogP contribution < -0.4 is 10.2 Å². The van der Waals surface area contributed by atoms with Gasteiger partial charge in [-0.3, -0.25) is 4.79 Å². The van der Waals surface area contributed by atoms with Crippen molar-refractivity contribution >= 4 is 11.6 Å². The Bertz CT molecular complexity index is 663. The van der Waals surface area contributed by atoms with Crippen LogP contribution in [0.2, 0.25) is 0 Å². The number of amides is 1. The van der Waals surface area contributed by atoms with Gasteiger partial charge in [0.05, 0.1) is 12.8 Å². The molecule has 0 atom stereocenters. The van der Waals surface area contributed by atoms with Crippen molar-refractivity contribution in [3.8, 4) is 11.5 Å². The summed E-state index contributed by atoms with van der Waals surface area (Å²) < 4.78 is 5.07. The Morgan fingerprint density at radius 1 is 1.14 bits per heavy atom. The summed E-state index contributed by atoms with van der Waals surface area (Å²) in [7, 11) is 1.55. The molecule has 0 aliphatic heterocycles. The first kappa shape index (κ1) is 14.6. The molecule has 0 fully saturated rings. The SMILES string of the molecule is COc1cccc(C(=O)NN=C(C)c2ccc(O)cc2)c1. The van der Waals surface area contributed by atoms with Crippen molar-refractivity contribution in [3.05, 3.63) is 59.7 Å². The number of rotatable bonds is 4. The molecule has 108 valence electrons. The van der Waals surface area contributed by atoms with Crippen LogP contribution in [0.5, 0.6) is 11.5 Å². The number of methoxy groups -OCH3 is 1. The minimum atomic E-state index is -0.313. The number of carbonyl (C=O) groups excluding carboxylic acids is 1. The largest absolute Gasteiger partial charge is 0.508 e. The van der Waals surface area contributed by atoms with Crippen LogP contribution in [0.15, 0.2) is 53.6 Å². The summed E-state index contributed by atoms with van der Waals surface area (Å²) in [4.78, 5) is 12.0. The molecular formula is C16H16N2O3. The van der Waals surface area contributed by atoms with E-state index < -0.39 is 0 Å². The number of hydrazone groups is 1. The molecule has 0 heterocycles. The molecule has 2 rings (SSSR count). The van der Waals surface area contributed by atoms with Crippen LogP contribution in [-0.4, -0.2) is 23.8 Å². The summed E-state index contributed by atoms with van der Waals surface area (Å²) in [6.45, 7) is 1.78. The number of hydrogen-bond acceptors (Lipinski definition) is 4. The van der Waals surface area contributed by atoms with Gasteiger partial charge in [0.1, 0.15) is 11.5 Å². The summed E-state index contributed by atoms with van der Waals surface area (Å²) in [6, 6.07) is 13.4. The van der Waals surface area contributed by atoms with Gasteiger partial charge < -0.3 is 9.84 Å². The smallest absolute Gasteiger partial charge is 0.271 e. The third kappa shape index (κ3) is 3.82. The van der Waals surface area contributed by atoms with Crippen molar-refractivity contribution in [3.63, 3.8) is 0 Å². The number of ether oxygens (including phenoxy) is 1. The fraction of sp³-hybridized carbons (Fsp3) is 0.125. The van der Waals surface area contributed by atoms with Gasteiger partial charge >= 0.3 is 0 Å². The predicted octanol–water partition coefficient (Wildman–Crippen LogP) is 2.55. The van der Waals surface area contributed by atoms with Crippen molar-refractivity contribution in [2.45, 2.75) is 6.92 Å². The Balaban J connectivity index is 2.08. The minimum Gasteiger partial charge on any atom is -0.508 e. The molecule has 0 spiro atoms. The van der Waals surface area contributed by atoms with E-state index in [4.69, 9.17) is 4.74 Å². The molecule has 21 heavy (non-hydrogen) atoms. The predicted molar refractivity (Wildman–Crippen MR) is 80.8 cm³/mol. The second-order valence-corrected chi connectivity index (χ2v) is 4.42. The number of nitrogens with zero attached hydrogens (tertiary/aromatic N) is 1. The van der Waals surface area contributed by atoms with Gasteiger partial charge in [-0.25, -0.2) is 5.43 Å². The normalized spacial score (nSPS) is 11.0. The number of benzene rings is 2. The number of carbonyl (C=O) groups is 1. The third-order valence-electron chi connectivity index (χ3n) is 2.94. The molecule has 0 bridgehead atoms. The van der Waals surface area contributed by atoms with Gasteiger partial charge in [-0.15, -0.1) is 0 Å². The average Bonchev–Trinajstić information content (AvgIpc) is 2.53. The van der Waals surface area contributed by atoms with Gasteiger partial charge in [0.25, 0.3) is 5.91 Å². The maximum Gasteiger partial charge on any atom is 0.271 e. The molecular weight excluding hydrogens is 268 g/mol. The lowest BCUT2D eigenvalue weighted by Gasteiger charge is -2.05. The van der Waals surface area contributed by atoms with Crippen LogP contribution in [0, 0.1) is 0 Å². The molecule has 0 aliphatic carbocycles. The van der Waals surface area contributed by atoms with Gasteiger partial charge in [-0.1, -0.05) is 6.07 Å². The van der Waals surface area contributed by atoms with Gasteiger partial charge in [0.15, 0.2) is 0 Å². The molecule has 0 aliphatic rings. The zero-order chi connectivity index (χ0) is 15.2. The summed E-state index contributed by atoms with van der Waals surface area (Å²) in [6.07, 6.45) is 0. The van der Waals surface area contributed by atoms with E-state index in [1.807, 2.05) is 0 Å². The quantitative estimate of drug-likeness (QED) is 0.669. The molecule has 5 nitrogen and oxygen atoms in total. The van der Waals surface area contributed by atoms with Crippen LogP contribution in [0.1, 0.15) is 22.8 Å². The summed E-state index contributed by atoms with van der Waals surface area (Å²) in [5, 5.41) is 13.3. The molecule has 0 saturated heterocycles. The van der Waals surface area contributed by atoms with Crippen LogP contribution in [0.4, 0.5) is 0 Å². The Hall–Kier alpha value is -2.82. The first-order valence-corrected chi connectivity index (χ1v) is 6.38. The number of phenols is 1. The molecule has 2 aromatic carbocycles. The van der Waals surface area contributed by atoms with E-state index in [1.165, 1.54) is 0 Å². The van der Waals surface area contributed by atoms with Crippen molar-refractivity contribution in [2.75, 3.05) is 7.11 Å². The topological polar surface area (TPSA) is 70.9 Å². The standard InChI is InChI=1S/C16H16N2O3/c1-11(12-6-8-14(19)9-7-12)17-18-16(20)13-4-3-5-15(10-13)21-2/h3-10,19H,1-2H3,(H,18,20). The van der Waals surface area contributed by atoms with E-state index in [9.17, 15) is 9.90 Å². The maximum absolute atomic E-state index is 12.0. The number of nitrogens with one attached hydrogen (secondary N) is 1. The molecule has 1 amide bonds. The van der Waals surface area contributed by atoms with Crippen LogP contribution >= 0.6 is 0 Å². The third-order valence-corrected chi connectivity index (χ3v) is 2.94. The number of hydrogen-bond donors (Lipinski definition) is 2. The monoisotopic (exact) mass is 284 g/mol. The van der Waals surface area contributed by atoms with Crippen LogP contribution in [0.3, 0.4) is 0 Å². The molecule has 2 N–H and O–H groups in total. The van der Waals surface area contributed by atoms with Crippen LogP contribution in [0.25, 0.3) is 0 Å². The Kier molecular flexibility index (Phi) is 4.56. The molecule has 0 aromatic heterocycles. The molecule has 2 aromatic rings. The van der Waals surface area contributed by atoms with Gasteiger partial charge in [0, 0.05) is 5.56 Å². The highest BCUT2D eigenvalue weighted by Crippen LogP contribution is 2.13. The van der Waals surface area contributed by atoms with Gasteiger partial charge in [-0.05, 0) is 55.0 Å². The van der Waals surface area contributed by atoms with Crippen LogP contribution in [-0.2, 0) is 0 Å². The Morgan fingerprint density at radius 2 is 1.86 bits per heavy atom. The highest BCUT2D eigenvalue weighted by molar-refractivity contribution is 6.01. The number of aromatic hydroxyl groups is 1. The van der Waals surface area contributed by atoms with E-state index in [0.29, 0.717) is 17.0 Å².